The summed E-state index contributed by atoms with van der Waals surface area (Å²) in [6.45, 7) is 1.24. The van der Waals surface area contributed by atoms with Gasteiger partial charge in [-0.25, -0.2) is 4.98 Å². The highest BCUT2D eigenvalue weighted by atomic mass is 35.5. The van der Waals surface area contributed by atoms with E-state index >= 15 is 0 Å². The number of hydrogen-bond donors (Lipinski definition) is 2. The first-order chi connectivity index (χ1) is 8.22. The van der Waals surface area contributed by atoms with Gasteiger partial charge in [-0.1, -0.05) is 22.9 Å². The number of nitrogens with two attached hydrogens (primary N) is 1. The van der Waals surface area contributed by atoms with Gasteiger partial charge in [0.2, 0.25) is 0 Å². The summed E-state index contributed by atoms with van der Waals surface area (Å²) < 4.78 is 6.38. The van der Waals surface area contributed by atoms with Gasteiger partial charge in [0, 0.05) is 5.02 Å². The summed E-state index contributed by atoms with van der Waals surface area (Å²) in [5.74, 6) is 0. The second-order valence-electron chi connectivity index (χ2n) is 4.08. The summed E-state index contributed by atoms with van der Waals surface area (Å²) in [6.07, 6.45) is 0. The molecule has 0 saturated carbocycles. The molecule has 1 aromatic carbocycles. The molecular weight excluding hydrogens is 329 g/mol. The molecule has 0 unspecified atom stereocenters. The Morgan fingerprint density at radius 3 is 2.84 bits per heavy atom. The summed E-state index contributed by atoms with van der Waals surface area (Å²) in [5.41, 5.74) is 6.87. The number of thiazole rings is 1. The van der Waals surface area contributed by atoms with Gasteiger partial charge < -0.3 is 15.8 Å². The summed E-state index contributed by atoms with van der Waals surface area (Å²) >= 11 is 7.52. The van der Waals surface area contributed by atoms with Crippen molar-refractivity contribution >= 4 is 63.1 Å². The molecule has 2 heterocycles. The largest absolute Gasteiger partial charge is 0.378 e. The number of ether oxygens (including phenoxy) is 1. The molecule has 0 bridgehead atoms. The van der Waals surface area contributed by atoms with Gasteiger partial charge in [0.15, 0.2) is 5.13 Å². The minimum absolute atomic E-state index is 0. The van der Waals surface area contributed by atoms with E-state index in [0.29, 0.717) is 13.2 Å². The summed E-state index contributed by atoms with van der Waals surface area (Å²) in [6, 6.07) is 5.86. The van der Waals surface area contributed by atoms with Crippen LogP contribution >= 0.6 is 47.8 Å². The van der Waals surface area contributed by atoms with Crippen molar-refractivity contribution in [3.8, 4) is 0 Å². The minimum atomic E-state index is 0. The van der Waals surface area contributed by atoms with Crippen molar-refractivity contribution in [3.63, 3.8) is 0 Å². The Morgan fingerprint density at radius 1 is 1.37 bits per heavy atom. The SMILES string of the molecule is Cl.Cl.N[C@H]1COC[C@H]1Nc1nc2ccc(Cl)cc2s1. The highest BCUT2D eigenvalue weighted by Crippen LogP contribution is 2.29. The zero-order valence-corrected chi connectivity index (χ0v) is 13.0. The zero-order valence-electron chi connectivity index (χ0n) is 9.84. The molecule has 0 spiro atoms. The normalized spacial score (nSPS) is 21.8. The summed E-state index contributed by atoms with van der Waals surface area (Å²) in [7, 11) is 0. The van der Waals surface area contributed by atoms with Crippen molar-refractivity contribution in [1.29, 1.82) is 0 Å². The molecule has 2 atom stereocenters. The van der Waals surface area contributed by atoms with E-state index in [1.807, 2.05) is 18.2 Å². The molecular formula is C11H14Cl3N3OS. The molecule has 3 N–H and O–H groups in total. The fraction of sp³-hybridized carbons (Fsp3) is 0.364. The predicted molar refractivity (Wildman–Crippen MR) is 85.3 cm³/mol. The number of fused-ring (bicyclic) bond motifs is 1. The molecule has 1 saturated heterocycles. The fourth-order valence-corrected chi connectivity index (χ4v) is 3.04. The molecule has 2 aromatic rings. The van der Waals surface area contributed by atoms with Crippen LogP contribution in [0, 0.1) is 0 Å². The number of aromatic nitrogens is 1. The van der Waals surface area contributed by atoms with Crippen molar-refractivity contribution in [2.24, 2.45) is 5.73 Å². The van der Waals surface area contributed by atoms with Crippen molar-refractivity contribution < 1.29 is 4.74 Å². The van der Waals surface area contributed by atoms with Gasteiger partial charge in [-0.05, 0) is 18.2 Å². The first kappa shape index (κ1) is 16.8. The lowest BCUT2D eigenvalue weighted by atomic mass is 10.2. The van der Waals surface area contributed by atoms with Crippen molar-refractivity contribution in [2.75, 3.05) is 18.5 Å². The third kappa shape index (κ3) is 3.62. The molecule has 0 radical (unpaired) electrons. The van der Waals surface area contributed by atoms with Crippen LogP contribution in [0.3, 0.4) is 0 Å². The van der Waals surface area contributed by atoms with Gasteiger partial charge in [0.05, 0.1) is 35.5 Å². The Labute approximate surface area is 132 Å². The Hall–Kier alpha value is -0.300. The second kappa shape index (κ2) is 6.92. The molecule has 1 aliphatic rings. The van der Waals surface area contributed by atoms with Crippen LogP contribution in [0.15, 0.2) is 18.2 Å². The molecule has 1 aromatic heterocycles. The number of halogens is 3. The molecule has 8 heteroatoms. The number of rotatable bonds is 2. The van der Waals surface area contributed by atoms with Gasteiger partial charge in [0.1, 0.15) is 0 Å². The van der Waals surface area contributed by atoms with E-state index in [1.54, 1.807) is 11.3 Å². The van der Waals surface area contributed by atoms with E-state index in [1.165, 1.54) is 0 Å². The summed E-state index contributed by atoms with van der Waals surface area (Å²) in [4.78, 5) is 4.49. The van der Waals surface area contributed by atoms with E-state index in [4.69, 9.17) is 22.1 Å². The quantitative estimate of drug-likeness (QED) is 0.881. The minimum Gasteiger partial charge on any atom is -0.378 e. The van der Waals surface area contributed by atoms with E-state index in [9.17, 15) is 0 Å². The lowest BCUT2D eigenvalue weighted by Crippen LogP contribution is -2.38. The molecule has 3 rings (SSSR count). The fourth-order valence-electron chi connectivity index (χ4n) is 1.84. The Bertz CT molecular complexity index is 551. The van der Waals surface area contributed by atoms with Crippen LogP contribution in [0.25, 0.3) is 10.2 Å². The standard InChI is InChI=1S/C11H12ClN3OS.2ClH/c12-6-1-2-8-10(3-6)17-11(14-8)15-9-5-16-4-7(9)13;;/h1-3,7,9H,4-5,13H2,(H,14,15);2*1H/t7-,9+;;/m0../s1. The highest BCUT2D eigenvalue weighted by molar-refractivity contribution is 7.22. The predicted octanol–water partition coefficient (Wildman–Crippen LogP) is 2.93. The molecule has 4 nitrogen and oxygen atoms in total. The van der Waals surface area contributed by atoms with Gasteiger partial charge >= 0.3 is 0 Å². The van der Waals surface area contributed by atoms with E-state index in [2.05, 4.69) is 10.3 Å². The first-order valence-corrected chi connectivity index (χ1v) is 6.58. The lowest BCUT2D eigenvalue weighted by Gasteiger charge is -2.13. The molecule has 0 aliphatic carbocycles. The average molecular weight is 343 g/mol. The van der Waals surface area contributed by atoms with Crippen LogP contribution in [0.4, 0.5) is 5.13 Å². The van der Waals surface area contributed by atoms with Crippen molar-refractivity contribution in [3.05, 3.63) is 23.2 Å². The number of benzene rings is 1. The maximum atomic E-state index is 5.94. The Kier molecular flexibility index (Phi) is 6.11. The molecule has 1 aliphatic heterocycles. The van der Waals surface area contributed by atoms with Crippen LogP contribution in [0.2, 0.25) is 5.02 Å². The second-order valence-corrected chi connectivity index (χ2v) is 5.55. The van der Waals surface area contributed by atoms with Gasteiger partial charge in [0.25, 0.3) is 0 Å². The lowest BCUT2D eigenvalue weighted by molar-refractivity contribution is 0.192. The van der Waals surface area contributed by atoms with E-state index in [-0.39, 0.29) is 36.9 Å². The number of anilines is 1. The van der Waals surface area contributed by atoms with Crippen LogP contribution in [0.5, 0.6) is 0 Å². The maximum absolute atomic E-state index is 5.94. The summed E-state index contributed by atoms with van der Waals surface area (Å²) in [5, 5.41) is 4.91. The monoisotopic (exact) mass is 341 g/mol. The number of nitrogens with one attached hydrogen (secondary N) is 1. The van der Waals surface area contributed by atoms with Crippen LogP contribution < -0.4 is 11.1 Å². The number of hydrogen-bond acceptors (Lipinski definition) is 5. The molecule has 19 heavy (non-hydrogen) atoms. The van der Waals surface area contributed by atoms with E-state index < -0.39 is 0 Å². The number of nitrogens with zero attached hydrogens (tertiary/aromatic N) is 1. The Morgan fingerprint density at radius 2 is 2.16 bits per heavy atom. The van der Waals surface area contributed by atoms with Gasteiger partial charge in [-0.3, -0.25) is 0 Å². The maximum Gasteiger partial charge on any atom is 0.184 e. The first-order valence-electron chi connectivity index (χ1n) is 5.38. The average Bonchev–Trinajstić information content (AvgIpc) is 2.85. The molecule has 1 fully saturated rings. The topological polar surface area (TPSA) is 60.2 Å². The third-order valence-electron chi connectivity index (χ3n) is 2.78. The highest BCUT2D eigenvalue weighted by Gasteiger charge is 2.25. The van der Waals surface area contributed by atoms with Gasteiger partial charge in [-0.15, -0.1) is 24.8 Å². The Balaban J connectivity index is 0.000000902. The molecule has 0 amide bonds. The van der Waals surface area contributed by atoms with Gasteiger partial charge in [-0.2, -0.15) is 0 Å². The van der Waals surface area contributed by atoms with Crippen LogP contribution in [-0.2, 0) is 4.74 Å². The zero-order chi connectivity index (χ0) is 11.8. The van der Waals surface area contributed by atoms with Crippen molar-refractivity contribution in [1.82, 2.24) is 4.98 Å². The van der Waals surface area contributed by atoms with Crippen LogP contribution in [0.1, 0.15) is 0 Å². The van der Waals surface area contributed by atoms with Crippen molar-refractivity contribution in [2.45, 2.75) is 12.1 Å². The third-order valence-corrected chi connectivity index (χ3v) is 3.97. The molecule has 106 valence electrons. The smallest absolute Gasteiger partial charge is 0.184 e. The van der Waals surface area contributed by atoms with E-state index in [0.717, 1.165) is 20.4 Å². The van der Waals surface area contributed by atoms with Crippen LogP contribution in [-0.4, -0.2) is 30.3 Å².